The monoisotopic (exact) mass is 483 g/mol. The van der Waals surface area contributed by atoms with Crippen molar-refractivity contribution in [3.8, 4) is 5.75 Å². The molecular weight excluding hydrogens is 466 g/mol. The zero-order chi connectivity index (χ0) is 19.1. The number of hydrogen-bond acceptors (Lipinski definition) is 4. The number of alkyl halides is 3. The van der Waals surface area contributed by atoms with Crippen LogP contribution in [0.2, 0.25) is 0 Å². The zero-order valence-corrected chi connectivity index (χ0v) is 16.1. The molecule has 1 aromatic heterocycles. The second-order valence-electron chi connectivity index (χ2n) is 6.81. The molecule has 26 heavy (non-hydrogen) atoms. The van der Waals surface area contributed by atoms with E-state index in [-0.39, 0.29) is 30.5 Å². The number of nitrogens with one attached hydrogen (secondary N) is 1. The Morgan fingerprint density at radius 2 is 2.04 bits per heavy atom. The molecule has 1 spiro atoms. The predicted molar refractivity (Wildman–Crippen MR) is 93.2 cm³/mol. The highest BCUT2D eigenvalue weighted by molar-refractivity contribution is 14.1. The lowest BCUT2D eigenvalue weighted by molar-refractivity contribution is -0.205. The van der Waals surface area contributed by atoms with Crippen molar-refractivity contribution in [2.24, 2.45) is 5.41 Å². The summed E-state index contributed by atoms with van der Waals surface area (Å²) in [7, 11) is 0. The van der Waals surface area contributed by atoms with Gasteiger partial charge in [-0.3, -0.25) is 9.59 Å². The van der Waals surface area contributed by atoms with E-state index in [0.29, 0.717) is 34.5 Å². The fourth-order valence-electron chi connectivity index (χ4n) is 3.37. The summed E-state index contributed by atoms with van der Waals surface area (Å²) in [6, 6.07) is 3.53. The topological polar surface area (TPSA) is 71.5 Å². The van der Waals surface area contributed by atoms with Crippen LogP contribution in [0.25, 0.3) is 0 Å². The summed E-state index contributed by atoms with van der Waals surface area (Å²) >= 11 is 2.04. The maximum absolute atomic E-state index is 12.4. The van der Waals surface area contributed by atoms with E-state index in [1.54, 1.807) is 12.1 Å². The van der Waals surface area contributed by atoms with Gasteiger partial charge in [0.05, 0.1) is 12.2 Å². The Balaban J connectivity index is 1.48. The van der Waals surface area contributed by atoms with Gasteiger partial charge in [0.2, 0.25) is 5.91 Å². The van der Waals surface area contributed by atoms with Gasteiger partial charge in [0, 0.05) is 25.4 Å². The van der Waals surface area contributed by atoms with E-state index in [4.69, 9.17) is 4.74 Å². The molecule has 0 bridgehead atoms. The molecule has 10 heteroatoms. The van der Waals surface area contributed by atoms with Gasteiger partial charge >= 0.3 is 12.1 Å². The number of halogens is 4. The maximum Gasteiger partial charge on any atom is 0.471 e. The van der Waals surface area contributed by atoms with Gasteiger partial charge in [-0.2, -0.15) is 13.2 Å². The quantitative estimate of drug-likeness (QED) is 0.527. The SMILES string of the molecule is CC(=O)NCc1ccc(OC2CC3(C2)CN(C(=O)C(F)(F)F)C3)c(I)n1. The fourth-order valence-corrected chi connectivity index (χ4v) is 3.99. The summed E-state index contributed by atoms with van der Waals surface area (Å²) < 4.78 is 43.7. The lowest BCUT2D eigenvalue weighted by Crippen LogP contribution is -2.67. The van der Waals surface area contributed by atoms with E-state index in [0.717, 1.165) is 4.90 Å². The van der Waals surface area contributed by atoms with Crippen molar-refractivity contribution in [3.63, 3.8) is 0 Å². The molecule has 0 radical (unpaired) electrons. The second-order valence-corrected chi connectivity index (χ2v) is 7.83. The number of aromatic nitrogens is 1. The van der Waals surface area contributed by atoms with Crippen molar-refractivity contribution in [2.75, 3.05) is 13.1 Å². The minimum Gasteiger partial charge on any atom is -0.488 e. The maximum atomic E-state index is 12.4. The van der Waals surface area contributed by atoms with E-state index in [1.165, 1.54) is 6.92 Å². The van der Waals surface area contributed by atoms with Gasteiger partial charge in [0.1, 0.15) is 9.80 Å². The molecule has 0 unspecified atom stereocenters. The molecule has 1 aromatic rings. The summed E-state index contributed by atoms with van der Waals surface area (Å²) in [5.74, 6) is -1.29. The van der Waals surface area contributed by atoms with E-state index < -0.39 is 12.1 Å². The first-order valence-corrected chi connectivity index (χ1v) is 9.08. The van der Waals surface area contributed by atoms with Gasteiger partial charge in [-0.25, -0.2) is 4.98 Å². The molecule has 1 aliphatic heterocycles. The van der Waals surface area contributed by atoms with Gasteiger partial charge < -0.3 is 15.0 Å². The van der Waals surface area contributed by atoms with Crippen LogP contribution in [0.4, 0.5) is 13.2 Å². The first kappa shape index (κ1) is 19.2. The Hall–Kier alpha value is -1.59. The first-order chi connectivity index (χ1) is 12.1. The third kappa shape index (κ3) is 4.04. The van der Waals surface area contributed by atoms with Crippen LogP contribution < -0.4 is 10.1 Å². The smallest absolute Gasteiger partial charge is 0.471 e. The minimum atomic E-state index is -4.80. The van der Waals surface area contributed by atoms with Crippen molar-refractivity contribution in [2.45, 2.75) is 38.6 Å². The van der Waals surface area contributed by atoms with Crippen LogP contribution in [0.15, 0.2) is 12.1 Å². The highest BCUT2D eigenvalue weighted by Gasteiger charge is 2.58. The van der Waals surface area contributed by atoms with E-state index in [2.05, 4.69) is 10.3 Å². The molecule has 2 amide bonds. The van der Waals surface area contributed by atoms with Crippen LogP contribution in [0.1, 0.15) is 25.5 Å². The van der Waals surface area contributed by atoms with Crippen molar-refractivity contribution in [1.82, 2.24) is 15.2 Å². The largest absolute Gasteiger partial charge is 0.488 e. The molecule has 142 valence electrons. The molecule has 2 fully saturated rings. The fraction of sp³-hybridized carbons (Fsp3) is 0.562. The number of nitrogens with zero attached hydrogens (tertiary/aromatic N) is 2. The average Bonchev–Trinajstić information content (AvgIpc) is 2.46. The third-order valence-corrected chi connectivity index (χ3v) is 5.36. The standard InChI is InChI=1S/C16H17F3IN3O3/c1-9(24)21-6-10-2-3-12(13(20)22-10)26-11-4-15(5-11)7-23(8-15)14(25)16(17,18)19/h2-3,11H,4-8H2,1H3,(H,21,24). The predicted octanol–water partition coefficient (Wildman–Crippen LogP) is 2.25. The highest BCUT2D eigenvalue weighted by atomic mass is 127. The number of carbonyl (C=O) groups excluding carboxylic acids is 2. The number of likely N-dealkylation sites (tertiary alicyclic amines) is 1. The zero-order valence-electron chi connectivity index (χ0n) is 13.9. The molecular formula is C16H17F3IN3O3. The Bertz CT molecular complexity index is 727. The molecule has 2 heterocycles. The number of pyridine rings is 1. The van der Waals surface area contributed by atoms with Crippen molar-refractivity contribution >= 4 is 34.4 Å². The van der Waals surface area contributed by atoms with Crippen molar-refractivity contribution in [1.29, 1.82) is 0 Å². The average molecular weight is 483 g/mol. The number of hydrogen-bond donors (Lipinski definition) is 1. The van der Waals surface area contributed by atoms with Gasteiger partial charge in [0.25, 0.3) is 0 Å². The molecule has 1 saturated heterocycles. The normalized spacial score (nSPS) is 18.9. The Kier molecular flexibility index (Phi) is 5.06. The van der Waals surface area contributed by atoms with Crippen LogP contribution in [0.3, 0.4) is 0 Å². The van der Waals surface area contributed by atoms with E-state index >= 15 is 0 Å². The molecule has 3 rings (SSSR count). The lowest BCUT2D eigenvalue weighted by Gasteiger charge is -2.58. The summed E-state index contributed by atoms with van der Waals surface area (Å²) in [5.41, 5.74) is 0.470. The minimum absolute atomic E-state index is 0.0883. The number of amides is 2. The Morgan fingerprint density at radius 1 is 1.38 bits per heavy atom. The number of carbonyl (C=O) groups is 2. The van der Waals surface area contributed by atoms with Crippen molar-refractivity contribution < 1.29 is 27.5 Å². The lowest BCUT2D eigenvalue weighted by atomic mass is 9.61. The van der Waals surface area contributed by atoms with Crippen LogP contribution in [0, 0.1) is 9.12 Å². The van der Waals surface area contributed by atoms with Gasteiger partial charge in [-0.05, 0) is 47.6 Å². The van der Waals surface area contributed by atoms with Crippen LogP contribution in [-0.4, -0.2) is 47.1 Å². The molecule has 0 atom stereocenters. The molecule has 0 aromatic carbocycles. The summed E-state index contributed by atoms with van der Waals surface area (Å²) in [6.07, 6.45) is -3.65. The van der Waals surface area contributed by atoms with E-state index in [1.807, 2.05) is 22.6 Å². The van der Waals surface area contributed by atoms with Crippen LogP contribution in [0.5, 0.6) is 5.75 Å². The van der Waals surface area contributed by atoms with Crippen LogP contribution >= 0.6 is 22.6 Å². The van der Waals surface area contributed by atoms with Crippen molar-refractivity contribution in [3.05, 3.63) is 21.5 Å². The Labute approximate surface area is 161 Å². The Morgan fingerprint density at radius 3 is 2.58 bits per heavy atom. The van der Waals surface area contributed by atoms with E-state index in [9.17, 15) is 22.8 Å². The highest BCUT2D eigenvalue weighted by Crippen LogP contribution is 2.50. The molecule has 6 nitrogen and oxygen atoms in total. The number of rotatable bonds is 4. The molecule has 2 aliphatic rings. The first-order valence-electron chi connectivity index (χ1n) is 8.01. The molecule has 1 saturated carbocycles. The summed E-state index contributed by atoms with van der Waals surface area (Å²) in [6.45, 7) is 2.03. The summed E-state index contributed by atoms with van der Waals surface area (Å²) in [4.78, 5) is 27.3. The van der Waals surface area contributed by atoms with Gasteiger partial charge in [-0.1, -0.05) is 0 Å². The van der Waals surface area contributed by atoms with Gasteiger partial charge in [-0.15, -0.1) is 0 Å². The number of ether oxygens (including phenoxy) is 1. The third-order valence-electron chi connectivity index (χ3n) is 4.59. The summed E-state index contributed by atoms with van der Waals surface area (Å²) in [5, 5.41) is 2.66. The van der Waals surface area contributed by atoms with Gasteiger partial charge in [0.15, 0.2) is 5.75 Å². The van der Waals surface area contributed by atoms with Crippen LogP contribution in [-0.2, 0) is 16.1 Å². The molecule has 1 aliphatic carbocycles. The molecule has 1 N–H and O–H groups in total. The second kappa shape index (κ2) is 6.86.